The van der Waals surface area contributed by atoms with Gasteiger partial charge in [0.15, 0.2) is 0 Å². The molecule has 6 heteroatoms. The number of anilines is 2. The Morgan fingerprint density at radius 3 is 2.70 bits per heavy atom. The number of benzene rings is 1. The lowest BCUT2D eigenvalue weighted by atomic mass is 10.1. The Hall–Kier alpha value is -1.89. The first kappa shape index (κ1) is 14.5. The maximum atomic E-state index is 9.22. The van der Waals surface area contributed by atoms with Gasteiger partial charge >= 0.3 is 0 Å². The normalized spacial score (nSPS) is 11.1. The van der Waals surface area contributed by atoms with Crippen LogP contribution < -0.4 is 10.5 Å². The molecule has 0 bridgehead atoms. The SMILES string of the molecule is CN(C)CCCNc1ccc(N(O)O)c2cccnc12. The van der Waals surface area contributed by atoms with E-state index in [0.717, 1.165) is 30.7 Å². The van der Waals surface area contributed by atoms with Crippen molar-refractivity contribution in [3.8, 4) is 0 Å². The summed E-state index contributed by atoms with van der Waals surface area (Å²) in [6, 6.07) is 7.03. The van der Waals surface area contributed by atoms with E-state index in [1.165, 1.54) is 0 Å². The Labute approximate surface area is 118 Å². The van der Waals surface area contributed by atoms with Crippen LogP contribution in [0.3, 0.4) is 0 Å². The van der Waals surface area contributed by atoms with Crippen LogP contribution in [0, 0.1) is 0 Å². The minimum absolute atomic E-state index is 0.125. The van der Waals surface area contributed by atoms with Gasteiger partial charge < -0.3 is 10.2 Å². The fourth-order valence-electron chi connectivity index (χ4n) is 2.09. The third kappa shape index (κ3) is 3.36. The first-order chi connectivity index (χ1) is 9.59. The zero-order valence-corrected chi connectivity index (χ0v) is 11.7. The van der Waals surface area contributed by atoms with Crippen LogP contribution in [0.2, 0.25) is 0 Å². The molecule has 0 fully saturated rings. The summed E-state index contributed by atoms with van der Waals surface area (Å²) in [6.45, 7) is 1.85. The average molecular weight is 276 g/mol. The predicted octanol–water partition coefficient (Wildman–Crippen LogP) is 2.18. The average Bonchev–Trinajstić information content (AvgIpc) is 2.43. The quantitative estimate of drug-likeness (QED) is 0.555. The van der Waals surface area contributed by atoms with Crippen molar-refractivity contribution >= 4 is 22.3 Å². The van der Waals surface area contributed by atoms with E-state index in [0.29, 0.717) is 11.1 Å². The number of rotatable bonds is 6. The fraction of sp³-hybridized carbons (Fsp3) is 0.357. The summed E-state index contributed by atoms with van der Waals surface area (Å²) < 4.78 is 0. The van der Waals surface area contributed by atoms with Crippen molar-refractivity contribution in [2.75, 3.05) is 37.7 Å². The molecule has 0 radical (unpaired) electrons. The van der Waals surface area contributed by atoms with Gasteiger partial charge in [-0.1, -0.05) is 0 Å². The van der Waals surface area contributed by atoms with Gasteiger partial charge in [-0.2, -0.15) is 0 Å². The van der Waals surface area contributed by atoms with Crippen molar-refractivity contribution in [2.24, 2.45) is 0 Å². The van der Waals surface area contributed by atoms with Gasteiger partial charge in [0.05, 0.1) is 11.2 Å². The fourth-order valence-corrected chi connectivity index (χ4v) is 2.09. The molecule has 0 atom stereocenters. The zero-order chi connectivity index (χ0) is 14.5. The van der Waals surface area contributed by atoms with Gasteiger partial charge in [-0.05, 0) is 51.3 Å². The smallest absolute Gasteiger partial charge is 0.104 e. The van der Waals surface area contributed by atoms with Crippen molar-refractivity contribution in [3.05, 3.63) is 30.5 Å². The molecular formula is C14H20N4O2. The van der Waals surface area contributed by atoms with E-state index in [9.17, 15) is 10.4 Å². The lowest BCUT2D eigenvalue weighted by Gasteiger charge is -2.15. The Balaban J connectivity index is 2.20. The van der Waals surface area contributed by atoms with Gasteiger partial charge in [-0.25, -0.2) is 0 Å². The molecule has 0 aliphatic carbocycles. The molecule has 6 nitrogen and oxygen atoms in total. The lowest BCUT2D eigenvalue weighted by Crippen LogP contribution is -2.16. The monoisotopic (exact) mass is 276 g/mol. The highest BCUT2D eigenvalue weighted by atomic mass is 16.8. The molecule has 2 rings (SSSR count). The summed E-state index contributed by atoms with van der Waals surface area (Å²) in [6.07, 6.45) is 2.71. The van der Waals surface area contributed by atoms with Crippen LogP contribution in [-0.4, -0.2) is 47.5 Å². The van der Waals surface area contributed by atoms with Crippen LogP contribution in [-0.2, 0) is 0 Å². The van der Waals surface area contributed by atoms with E-state index in [2.05, 4.69) is 15.2 Å². The summed E-state index contributed by atoms with van der Waals surface area (Å²) in [5.41, 5.74) is 1.93. The number of pyridine rings is 1. The molecule has 0 unspecified atom stereocenters. The first-order valence-electron chi connectivity index (χ1n) is 6.54. The van der Waals surface area contributed by atoms with Gasteiger partial charge in [0.25, 0.3) is 0 Å². The number of aromatic nitrogens is 1. The number of nitrogens with one attached hydrogen (secondary N) is 1. The molecule has 0 aliphatic rings. The van der Waals surface area contributed by atoms with Gasteiger partial charge in [0.2, 0.25) is 0 Å². The van der Waals surface area contributed by atoms with Crippen LogP contribution in [0.5, 0.6) is 0 Å². The molecule has 108 valence electrons. The number of nitrogens with zero attached hydrogens (tertiary/aromatic N) is 3. The van der Waals surface area contributed by atoms with E-state index >= 15 is 0 Å². The molecule has 1 aromatic carbocycles. The highest BCUT2D eigenvalue weighted by Crippen LogP contribution is 2.29. The lowest BCUT2D eigenvalue weighted by molar-refractivity contribution is 0.0300. The second-order valence-corrected chi connectivity index (χ2v) is 4.90. The predicted molar refractivity (Wildman–Crippen MR) is 79.5 cm³/mol. The van der Waals surface area contributed by atoms with Crippen molar-refractivity contribution in [2.45, 2.75) is 6.42 Å². The molecule has 0 amide bonds. The number of fused-ring (bicyclic) bond motifs is 1. The molecule has 0 saturated carbocycles. The molecule has 1 heterocycles. The highest BCUT2D eigenvalue weighted by molar-refractivity contribution is 5.98. The van der Waals surface area contributed by atoms with Gasteiger partial charge in [-0.15, -0.1) is 5.23 Å². The second-order valence-electron chi connectivity index (χ2n) is 4.90. The Kier molecular flexibility index (Phi) is 4.73. The van der Waals surface area contributed by atoms with E-state index in [1.54, 1.807) is 24.4 Å². The Morgan fingerprint density at radius 2 is 2.00 bits per heavy atom. The van der Waals surface area contributed by atoms with Crippen molar-refractivity contribution in [3.63, 3.8) is 0 Å². The van der Waals surface area contributed by atoms with Crippen LogP contribution in [0.15, 0.2) is 30.5 Å². The molecule has 3 N–H and O–H groups in total. The Morgan fingerprint density at radius 1 is 1.20 bits per heavy atom. The standard InChI is InChI=1S/C14H20N4O2/c1-17(2)10-4-9-15-12-6-7-13(18(19)20)11-5-3-8-16-14(11)12/h3,5-8,15,19-20H,4,9-10H2,1-2H3. The molecule has 0 saturated heterocycles. The second kappa shape index (κ2) is 6.51. The Bertz CT molecular complexity index is 572. The third-order valence-electron chi connectivity index (χ3n) is 3.06. The van der Waals surface area contributed by atoms with Gasteiger partial charge in [0.1, 0.15) is 5.69 Å². The number of hydrogen-bond donors (Lipinski definition) is 3. The minimum atomic E-state index is 0.125. The largest absolute Gasteiger partial charge is 0.383 e. The van der Waals surface area contributed by atoms with Crippen LogP contribution in [0.25, 0.3) is 10.9 Å². The van der Waals surface area contributed by atoms with Gasteiger partial charge in [0, 0.05) is 18.1 Å². The maximum absolute atomic E-state index is 9.22. The van der Waals surface area contributed by atoms with Crippen molar-refractivity contribution in [1.82, 2.24) is 9.88 Å². The summed E-state index contributed by atoms with van der Waals surface area (Å²) >= 11 is 0. The highest BCUT2D eigenvalue weighted by Gasteiger charge is 2.09. The first-order valence-corrected chi connectivity index (χ1v) is 6.54. The van der Waals surface area contributed by atoms with E-state index in [4.69, 9.17) is 0 Å². The van der Waals surface area contributed by atoms with E-state index in [-0.39, 0.29) is 5.23 Å². The molecule has 0 aliphatic heterocycles. The molecule has 2 aromatic rings. The molecular weight excluding hydrogens is 256 g/mol. The van der Waals surface area contributed by atoms with Crippen molar-refractivity contribution in [1.29, 1.82) is 0 Å². The summed E-state index contributed by atoms with van der Waals surface area (Å²) in [4.78, 5) is 6.45. The van der Waals surface area contributed by atoms with E-state index in [1.807, 2.05) is 20.2 Å². The maximum Gasteiger partial charge on any atom is 0.104 e. The van der Waals surface area contributed by atoms with Crippen molar-refractivity contribution < 1.29 is 10.4 Å². The van der Waals surface area contributed by atoms with Crippen LogP contribution >= 0.6 is 0 Å². The van der Waals surface area contributed by atoms with Crippen LogP contribution in [0.1, 0.15) is 6.42 Å². The topological polar surface area (TPSA) is 71.9 Å². The summed E-state index contributed by atoms with van der Waals surface area (Å²) in [5.74, 6) is 0. The molecule has 20 heavy (non-hydrogen) atoms. The van der Waals surface area contributed by atoms with Crippen LogP contribution in [0.4, 0.5) is 11.4 Å². The summed E-state index contributed by atoms with van der Waals surface area (Å²) in [5, 5.41) is 22.6. The minimum Gasteiger partial charge on any atom is -0.383 e. The zero-order valence-electron chi connectivity index (χ0n) is 11.7. The molecule has 1 aromatic heterocycles. The number of hydrogen-bond acceptors (Lipinski definition) is 6. The van der Waals surface area contributed by atoms with Gasteiger partial charge in [-0.3, -0.25) is 15.4 Å². The molecule has 0 spiro atoms. The van der Waals surface area contributed by atoms with E-state index < -0.39 is 0 Å². The third-order valence-corrected chi connectivity index (χ3v) is 3.06. The summed E-state index contributed by atoms with van der Waals surface area (Å²) in [7, 11) is 4.09.